The minimum atomic E-state index is -0.0636. The number of carbonyl (C=O) groups excluding carboxylic acids is 1. The van der Waals surface area contributed by atoms with Crippen LogP contribution in [0.25, 0.3) is 10.9 Å². The number of hydrogen-bond acceptors (Lipinski definition) is 2. The SMILES string of the molecule is Cc1ccc(CN(C)C(=O)c2ccc3ccccc3n2)cc1. The minimum absolute atomic E-state index is 0.0636. The molecular weight excluding hydrogens is 272 g/mol. The van der Waals surface area contributed by atoms with Crippen LogP contribution in [0.1, 0.15) is 21.6 Å². The lowest BCUT2D eigenvalue weighted by molar-refractivity contribution is 0.0779. The number of carbonyl (C=O) groups is 1. The Balaban J connectivity index is 1.80. The molecule has 1 heterocycles. The second-order valence-electron chi connectivity index (χ2n) is 5.54. The van der Waals surface area contributed by atoms with E-state index in [1.807, 2.05) is 42.5 Å². The van der Waals surface area contributed by atoms with E-state index in [1.54, 1.807) is 18.0 Å². The summed E-state index contributed by atoms with van der Waals surface area (Å²) >= 11 is 0. The van der Waals surface area contributed by atoms with Gasteiger partial charge in [0.1, 0.15) is 5.69 Å². The first-order chi connectivity index (χ1) is 10.6. The number of benzene rings is 2. The highest BCUT2D eigenvalue weighted by atomic mass is 16.2. The molecular formula is C19H18N2O. The highest BCUT2D eigenvalue weighted by molar-refractivity contribution is 5.94. The summed E-state index contributed by atoms with van der Waals surface area (Å²) in [4.78, 5) is 18.7. The van der Waals surface area contributed by atoms with Crippen LogP contribution >= 0.6 is 0 Å². The topological polar surface area (TPSA) is 33.2 Å². The fourth-order valence-corrected chi connectivity index (χ4v) is 2.42. The van der Waals surface area contributed by atoms with Gasteiger partial charge in [-0.05, 0) is 24.6 Å². The molecule has 3 heteroatoms. The van der Waals surface area contributed by atoms with Gasteiger partial charge in [0, 0.05) is 19.0 Å². The number of fused-ring (bicyclic) bond motifs is 1. The zero-order valence-corrected chi connectivity index (χ0v) is 12.8. The molecule has 0 spiro atoms. The molecule has 3 rings (SSSR count). The summed E-state index contributed by atoms with van der Waals surface area (Å²) in [5, 5.41) is 1.04. The summed E-state index contributed by atoms with van der Waals surface area (Å²) in [5.74, 6) is -0.0636. The molecule has 0 aliphatic rings. The molecule has 1 aromatic heterocycles. The number of aromatic nitrogens is 1. The maximum atomic E-state index is 12.5. The predicted molar refractivity (Wildman–Crippen MR) is 88.7 cm³/mol. The maximum absolute atomic E-state index is 12.5. The van der Waals surface area contributed by atoms with Gasteiger partial charge < -0.3 is 4.90 Å². The molecule has 110 valence electrons. The van der Waals surface area contributed by atoms with Gasteiger partial charge in [-0.3, -0.25) is 4.79 Å². The average molecular weight is 290 g/mol. The molecule has 0 unspecified atom stereocenters. The Bertz CT molecular complexity index is 809. The molecule has 2 aromatic carbocycles. The van der Waals surface area contributed by atoms with Crippen molar-refractivity contribution in [1.29, 1.82) is 0 Å². The first kappa shape index (κ1) is 14.3. The fourth-order valence-electron chi connectivity index (χ4n) is 2.42. The lowest BCUT2D eigenvalue weighted by Crippen LogP contribution is -2.27. The normalized spacial score (nSPS) is 10.6. The van der Waals surface area contributed by atoms with Crippen molar-refractivity contribution in [2.75, 3.05) is 7.05 Å². The number of para-hydroxylation sites is 1. The number of aryl methyl sites for hydroxylation is 1. The standard InChI is InChI=1S/C19H18N2O/c1-14-7-9-15(10-8-14)13-21(2)19(22)18-12-11-16-5-3-4-6-17(16)20-18/h3-12H,13H2,1-2H3. The summed E-state index contributed by atoms with van der Waals surface area (Å²) in [6.07, 6.45) is 0. The third kappa shape index (κ3) is 2.98. The lowest BCUT2D eigenvalue weighted by Gasteiger charge is -2.17. The molecule has 0 bridgehead atoms. The van der Waals surface area contributed by atoms with Crippen LogP contribution in [0.2, 0.25) is 0 Å². The van der Waals surface area contributed by atoms with Gasteiger partial charge in [0.25, 0.3) is 5.91 Å². The smallest absolute Gasteiger partial charge is 0.272 e. The zero-order chi connectivity index (χ0) is 15.5. The molecule has 0 saturated carbocycles. The Morgan fingerprint density at radius 2 is 1.73 bits per heavy atom. The van der Waals surface area contributed by atoms with Crippen molar-refractivity contribution in [3.8, 4) is 0 Å². The Morgan fingerprint density at radius 1 is 1.00 bits per heavy atom. The maximum Gasteiger partial charge on any atom is 0.272 e. The second kappa shape index (κ2) is 5.98. The van der Waals surface area contributed by atoms with E-state index >= 15 is 0 Å². The van der Waals surface area contributed by atoms with Crippen LogP contribution in [0.4, 0.5) is 0 Å². The van der Waals surface area contributed by atoms with E-state index in [0.717, 1.165) is 16.5 Å². The highest BCUT2D eigenvalue weighted by Gasteiger charge is 2.13. The lowest BCUT2D eigenvalue weighted by atomic mass is 10.1. The number of amides is 1. The van der Waals surface area contributed by atoms with Crippen LogP contribution in [-0.2, 0) is 6.54 Å². The van der Waals surface area contributed by atoms with Crippen LogP contribution in [0, 0.1) is 6.92 Å². The van der Waals surface area contributed by atoms with Gasteiger partial charge in [0.2, 0.25) is 0 Å². The van der Waals surface area contributed by atoms with Gasteiger partial charge >= 0.3 is 0 Å². The zero-order valence-electron chi connectivity index (χ0n) is 12.8. The van der Waals surface area contributed by atoms with Crippen molar-refractivity contribution < 1.29 is 4.79 Å². The second-order valence-corrected chi connectivity index (χ2v) is 5.54. The van der Waals surface area contributed by atoms with Crippen LogP contribution in [0.15, 0.2) is 60.7 Å². The molecule has 0 aliphatic heterocycles. The number of hydrogen-bond donors (Lipinski definition) is 0. The molecule has 0 radical (unpaired) electrons. The van der Waals surface area contributed by atoms with Gasteiger partial charge in [0.15, 0.2) is 0 Å². The van der Waals surface area contributed by atoms with Crippen molar-refractivity contribution in [2.45, 2.75) is 13.5 Å². The third-order valence-corrected chi connectivity index (χ3v) is 3.70. The van der Waals surface area contributed by atoms with Crippen LogP contribution < -0.4 is 0 Å². The van der Waals surface area contributed by atoms with Gasteiger partial charge in [0.05, 0.1) is 5.52 Å². The van der Waals surface area contributed by atoms with Gasteiger partial charge in [-0.15, -0.1) is 0 Å². The number of rotatable bonds is 3. The molecule has 0 N–H and O–H groups in total. The first-order valence-corrected chi connectivity index (χ1v) is 7.30. The van der Waals surface area contributed by atoms with Gasteiger partial charge in [-0.1, -0.05) is 54.1 Å². The van der Waals surface area contributed by atoms with Crippen LogP contribution in [0.3, 0.4) is 0 Å². The van der Waals surface area contributed by atoms with Gasteiger partial charge in [-0.25, -0.2) is 4.98 Å². The van der Waals surface area contributed by atoms with E-state index < -0.39 is 0 Å². The molecule has 3 nitrogen and oxygen atoms in total. The molecule has 0 aliphatic carbocycles. The summed E-state index contributed by atoms with van der Waals surface area (Å²) < 4.78 is 0. The predicted octanol–water partition coefficient (Wildman–Crippen LogP) is 3.82. The average Bonchev–Trinajstić information content (AvgIpc) is 2.55. The molecule has 0 saturated heterocycles. The molecule has 0 fully saturated rings. The Hall–Kier alpha value is -2.68. The number of nitrogens with zero attached hydrogens (tertiary/aromatic N) is 2. The minimum Gasteiger partial charge on any atom is -0.336 e. The summed E-state index contributed by atoms with van der Waals surface area (Å²) in [5.41, 5.74) is 3.65. The van der Waals surface area contributed by atoms with Crippen LogP contribution in [0.5, 0.6) is 0 Å². The number of pyridine rings is 1. The van der Waals surface area contributed by atoms with E-state index in [4.69, 9.17) is 0 Å². The van der Waals surface area contributed by atoms with E-state index in [0.29, 0.717) is 12.2 Å². The Morgan fingerprint density at radius 3 is 2.50 bits per heavy atom. The third-order valence-electron chi connectivity index (χ3n) is 3.70. The van der Waals surface area contributed by atoms with E-state index in [2.05, 4.69) is 24.0 Å². The molecule has 3 aromatic rings. The van der Waals surface area contributed by atoms with Crippen molar-refractivity contribution in [3.63, 3.8) is 0 Å². The van der Waals surface area contributed by atoms with Gasteiger partial charge in [-0.2, -0.15) is 0 Å². The van der Waals surface area contributed by atoms with Crippen LogP contribution in [-0.4, -0.2) is 22.8 Å². The summed E-state index contributed by atoms with van der Waals surface area (Å²) in [6, 6.07) is 19.8. The fraction of sp³-hybridized carbons (Fsp3) is 0.158. The van der Waals surface area contributed by atoms with E-state index in [-0.39, 0.29) is 5.91 Å². The molecule has 22 heavy (non-hydrogen) atoms. The summed E-state index contributed by atoms with van der Waals surface area (Å²) in [6.45, 7) is 2.63. The van der Waals surface area contributed by atoms with E-state index in [9.17, 15) is 4.79 Å². The highest BCUT2D eigenvalue weighted by Crippen LogP contribution is 2.14. The molecule has 0 atom stereocenters. The first-order valence-electron chi connectivity index (χ1n) is 7.30. The van der Waals surface area contributed by atoms with Crippen molar-refractivity contribution >= 4 is 16.8 Å². The quantitative estimate of drug-likeness (QED) is 0.735. The van der Waals surface area contributed by atoms with Crippen molar-refractivity contribution in [2.24, 2.45) is 0 Å². The van der Waals surface area contributed by atoms with Crippen molar-refractivity contribution in [3.05, 3.63) is 77.5 Å². The largest absolute Gasteiger partial charge is 0.336 e. The Kier molecular flexibility index (Phi) is 3.88. The Labute approximate surface area is 130 Å². The monoisotopic (exact) mass is 290 g/mol. The van der Waals surface area contributed by atoms with Crippen molar-refractivity contribution in [1.82, 2.24) is 9.88 Å². The van der Waals surface area contributed by atoms with E-state index in [1.165, 1.54) is 5.56 Å². The molecule has 1 amide bonds. The summed E-state index contributed by atoms with van der Waals surface area (Å²) in [7, 11) is 1.80.